The fourth-order valence-corrected chi connectivity index (χ4v) is 2.76. The summed E-state index contributed by atoms with van der Waals surface area (Å²) in [6.45, 7) is 11.7. The molecule has 0 radical (unpaired) electrons. The van der Waals surface area contributed by atoms with Crippen molar-refractivity contribution in [3.05, 3.63) is 24.0 Å². The van der Waals surface area contributed by atoms with E-state index in [4.69, 9.17) is 0 Å². The van der Waals surface area contributed by atoms with E-state index in [1.807, 2.05) is 6.07 Å². The number of hydrogen-bond donors (Lipinski definition) is 2. The van der Waals surface area contributed by atoms with Gasteiger partial charge in [-0.3, -0.25) is 9.78 Å². The van der Waals surface area contributed by atoms with Crippen LogP contribution in [-0.2, 0) is 0 Å². The Balaban J connectivity index is 2.11. The van der Waals surface area contributed by atoms with Crippen molar-refractivity contribution >= 4 is 11.6 Å². The van der Waals surface area contributed by atoms with Gasteiger partial charge in [-0.1, -0.05) is 34.6 Å². The van der Waals surface area contributed by atoms with Crippen molar-refractivity contribution in [1.29, 1.82) is 0 Å². The number of rotatable bonds is 5. The predicted octanol–water partition coefficient (Wildman–Crippen LogP) is 3.07. The first-order chi connectivity index (χ1) is 9.32. The van der Waals surface area contributed by atoms with Crippen molar-refractivity contribution in [2.24, 2.45) is 10.8 Å². The Hall–Kier alpha value is -1.58. The Labute approximate surface area is 121 Å². The van der Waals surface area contributed by atoms with Gasteiger partial charge in [-0.05, 0) is 23.3 Å². The number of amides is 1. The molecular weight excluding hydrogens is 250 g/mol. The molecule has 110 valence electrons. The van der Waals surface area contributed by atoms with Crippen LogP contribution >= 0.6 is 0 Å². The molecule has 0 unspecified atom stereocenters. The highest BCUT2D eigenvalue weighted by atomic mass is 16.1. The molecule has 1 saturated carbocycles. The van der Waals surface area contributed by atoms with Crippen molar-refractivity contribution in [2.45, 2.75) is 47.1 Å². The molecule has 0 bridgehead atoms. The molecule has 0 atom stereocenters. The SMILES string of the molecule is CCCNc1ccncc1C(=O)NC1C(C)(C)C1(C)C. The molecular formula is C16H25N3O. The number of nitrogens with zero attached hydrogens (tertiary/aromatic N) is 1. The fourth-order valence-electron chi connectivity index (χ4n) is 2.76. The summed E-state index contributed by atoms with van der Waals surface area (Å²) in [7, 11) is 0. The summed E-state index contributed by atoms with van der Waals surface area (Å²) in [5.74, 6) is -0.0413. The van der Waals surface area contributed by atoms with Crippen LogP contribution in [0.2, 0.25) is 0 Å². The second-order valence-corrected chi connectivity index (χ2v) is 6.70. The molecule has 1 amide bonds. The molecule has 1 aliphatic rings. The normalized spacial score (nSPS) is 19.4. The van der Waals surface area contributed by atoms with E-state index in [1.165, 1.54) is 0 Å². The summed E-state index contributed by atoms with van der Waals surface area (Å²) >= 11 is 0. The van der Waals surface area contributed by atoms with Gasteiger partial charge in [0.2, 0.25) is 0 Å². The fraction of sp³-hybridized carbons (Fsp3) is 0.625. The molecule has 2 rings (SSSR count). The van der Waals surface area contributed by atoms with E-state index in [0.717, 1.165) is 18.7 Å². The van der Waals surface area contributed by atoms with Crippen LogP contribution < -0.4 is 10.6 Å². The standard InChI is InChI=1S/C16H25N3O/c1-6-8-18-12-7-9-17-10-11(12)13(20)19-14-15(2,3)16(14,4)5/h7,9-10,14H,6,8H2,1-5H3,(H,17,18)(H,19,20). The molecule has 2 N–H and O–H groups in total. The van der Waals surface area contributed by atoms with Gasteiger partial charge >= 0.3 is 0 Å². The van der Waals surface area contributed by atoms with Crippen molar-refractivity contribution in [3.63, 3.8) is 0 Å². The molecule has 1 fully saturated rings. The summed E-state index contributed by atoms with van der Waals surface area (Å²) in [5.41, 5.74) is 1.76. The molecule has 4 heteroatoms. The van der Waals surface area contributed by atoms with Crippen LogP contribution in [-0.4, -0.2) is 23.5 Å². The summed E-state index contributed by atoms with van der Waals surface area (Å²) in [6.07, 6.45) is 4.36. The zero-order chi connectivity index (χ0) is 15.0. The number of hydrogen-bond acceptors (Lipinski definition) is 3. The smallest absolute Gasteiger partial charge is 0.255 e. The first kappa shape index (κ1) is 14.8. The molecule has 0 saturated heterocycles. The molecule has 1 aliphatic carbocycles. The number of nitrogens with one attached hydrogen (secondary N) is 2. The molecule has 20 heavy (non-hydrogen) atoms. The summed E-state index contributed by atoms with van der Waals surface area (Å²) in [6, 6.07) is 2.06. The summed E-state index contributed by atoms with van der Waals surface area (Å²) in [4.78, 5) is 16.5. The van der Waals surface area contributed by atoms with E-state index < -0.39 is 0 Å². The van der Waals surface area contributed by atoms with Crippen LogP contribution in [0, 0.1) is 10.8 Å². The maximum atomic E-state index is 12.5. The number of aromatic nitrogens is 1. The van der Waals surface area contributed by atoms with E-state index in [0.29, 0.717) is 5.56 Å². The van der Waals surface area contributed by atoms with Gasteiger partial charge in [-0.15, -0.1) is 0 Å². The van der Waals surface area contributed by atoms with Gasteiger partial charge in [-0.2, -0.15) is 0 Å². The molecule has 4 nitrogen and oxygen atoms in total. The zero-order valence-corrected chi connectivity index (χ0v) is 13.1. The molecule has 0 spiro atoms. The topological polar surface area (TPSA) is 54.0 Å². The van der Waals surface area contributed by atoms with Crippen molar-refractivity contribution in [3.8, 4) is 0 Å². The summed E-state index contributed by atoms with van der Waals surface area (Å²) in [5, 5.41) is 6.43. The van der Waals surface area contributed by atoms with Crippen LogP contribution in [0.1, 0.15) is 51.4 Å². The minimum Gasteiger partial charge on any atom is -0.384 e. The first-order valence-electron chi connectivity index (χ1n) is 7.31. The van der Waals surface area contributed by atoms with E-state index in [1.54, 1.807) is 12.4 Å². The van der Waals surface area contributed by atoms with Crippen LogP contribution in [0.15, 0.2) is 18.5 Å². The Morgan fingerprint density at radius 3 is 2.50 bits per heavy atom. The van der Waals surface area contributed by atoms with E-state index in [2.05, 4.69) is 50.2 Å². The van der Waals surface area contributed by atoms with Gasteiger partial charge in [0.15, 0.2) is 0 Å². The van der Waals surface area contributed by atoms with Gasteiger partial charge in [0.25, 0.3) is 5.91 Å². The van der Waals surface area contributed by atoms with Gasteiger partial charge < -0.3 is 10.6 Å². The molecule has 0 aliphatic heterocycles. The van der Waals surface area contributed by atoms with Gasteiger partial charge in [-0.25, -0.2) is 0 Å². The van der Waals surface area contributed by atoms with E-state index in [9.17, 15) is 4.79 Å². The highest BCUT2D eigenvalue weighted by molar-refractivity contribution is 5.99. The molecule has 1 heterocycles. The average molecular weight is 275 g/mol. The van der Waals surface area contributed by atoms with Crippen LogP contribution in [0.25, 0.3) is 0 Å². The lowest BCUT2D eigenvalue weighted by Crippen LogP contribution is -2.30. The molecule has 0 aromatic carbocycles. The Morgan fingerprint density at radius 2 is 1.95 bits per heavy atom. The Kier molecular flexibility index (Phi) is 3.76. The lowest BCUT2D eigenvalue weighted by molar-refractivity contribution is 0.0944. The Bertz CT molecular complexity index is 494. The lowest BCUT2D eigenvalue weighted by Gasteiger charge is -2.12. The Morgan fingerprint density at radius 1 is 1.30 bits per heavy atom. The van der Waals surface area contributed by atoms with E-state index in [-0.39, 0.29) is 22.8 Å². The lowest BCUT2D eigenvalue weighted by atomic mass is 10.0. The number of anilines is 1. The van der Waals surface area contributed by atoms with Crippen molar-refractivity contribution < 1.29 is 4.79 Å². The third-order valence-electron chi connectivity index (χ3n) is 4.93. The molecule has 1 aromatic heterocycles. The second kappa shape index (κ2) is 5.08. The number of carbonyl (C=O) groups excluding carboxylic acids is 1. The highest BCUT2D eigenvalue weighted by Crippen LogP contribution is 2.62. The van der Waals surface area contributed by atoms with E-state index >= 15 is 0 Å². The largest absolute Gasteiger partial charge is 0.384 e. The summed E-state index contributed by atoms with van der Waals surface area (Å²) < 4.78 is 0. The first-order valence-corrected chi connectivity index (χ1v) is 7.31. The second-order valence-electron chi connectivity index (χ2n) is 6.70. The monoisotopic (exact) mass is 275 g/mol. The number of carbonyl (C=O) groups is 1. The molecule has 1 aromatic rings. The quantitative estimate of drug-likeness (QED) is 0.868. The van der Waals surface area contributed by atoms with Gasteiger partial charge in [0.05, 0.1) is 11.3 Å². The van der Waals surface area contributed by atoms with Crippen LogP contribution in [0.5, 0.6) is 0 Å². The van der Waals surface area contributed by atoms with Crippen molar-refractivity contribution in [1.82, 2.24) is 10.3 Å². The zero-order valence-electron chi connectivity index (χ0n) is 13.1. The maximum Gasteiger partial charge on any atom is 0.255 e. The third kappa shape index (κ3) is 2.39. The minimum absolute atomic E-state index is 0.0413. The third-order valence-corrected chi connectivity index (χ3v) is 4.93. The predicted molar refractivity (Wildman–Crippen MR) is 81.8 cm³/mol. The van der Waals surface area contributed by atoms with Crippen molar-refractivity contribution in [2.75, 3.05) is 11.9 Å². The average Bonchev–Trinajstić information content (AvgIpc) is 2.79. The van der Waals surface area contributed by atoms with Crippen LogP contribution in [0.4, 0.5) is 5.69 Å². The number of pyridine rings is 1. The van der Waals surface area contributed by atoms with Gasteiger partial charge in [0.1, 0.15) is 0 Å². The maximum absolute atomic E-state index is 12.5. The van der Waals surface area contributed by atoms with Gasteiger partial charge in [0, 0.05) is 25.0 Å². The van der Waals surface area contributed by atoms with Crippen LogP contribution in [0.3, 0.4) is 0 Å². The minimum atomic E-state index is -0.0413. The highest BCUT2D eigenvalue weighted by Gasteiger charge is 2.65.